The van der Waals surface area contributed by atoms with E-state index in [0.717, 1.165) is 23.8 Å². The maximum absolute atomic E-state index is 12.6. The third-order valence-electron chi connectivity index (χ3n) is 3.47. The zero-order valence-electron chi connectivity index (χ0n) is 15.0. The Balaban J connectivity index is 1.68. The fourth-order valence-electron chi connectivity index (χ4n) is 2.11. The minimum absolute atomic E-state index is 0.106. The summed E-state index contributed by atoms with van der Waals surface area (Å²) >= 11 is 0. The van der Waals surface area contributed by atoms with Crippen molar-refractivity contribution < 1.29 is 27.6 Å². The van der Waals surface area contributed by atoms with Crippen molar-refractivity contribution in [2.75, 3.05) is 11.9 Å². The number of halogens is 3. The number of nitrogens with one attached hydrogen (secondary N) is 5. The highest BCUT2D eigenvalue weighted by molar-refractivity contribution is 5.91. The largest absolute Gasteiger partial charge is 0.416 e. The first-order chi connectivity index (χ1) is 13.7. The van der Waals surface area contributed by atoms with Crippen LogP contribution in [0.2, 0.25) is 0 Å². The van der Waals surface area contributed by atoms with Gasteiger partial charge in [0.15, 0.2) is 0 Å². The van der Waals surface area contributed by atoms with Gasteiger partial charge in [-0.25, -0.2) is 15.0 Å². The Hall–Kier alpha value is -3.76. The summed E-state index contributed by atoms with van der Waals surface area (Å²) in [5, 5.41) is 6.99. The van der Waals surface area contributed by atoms with E-state index in [1.54, 1.807) is 0 Å². The van der Waals surface area contributed by atoms with E-state index in [1.807, 2.05) is 41.2 Å². The first-order valence-corrected chi connectivity index (χ1v) is 8.33. The summed E-state index contributed by atoms with van der Waals surface area (Å²) in [6.07, 6.45) is -4.55. The predicted octanol–water partition coefficient (Wildman–Crippen LogP) is 2.36. The van der Waals surface area contributed by atoms with Crippen LogP contribution in [0.15, 0.2) is 54.6 Å². The van der Waals surface area contributed by atoms with E-state index in [9.17, 15) is 27.6 Å². The number of hydrogen-bond donors (Lipinski definition) is 5. The van der Waals surface area contributed by atoms with Gasteiger partial charge < -0.3 is 16.0 Å². The first-order valence-electron chi connectivity index (χ1n) is 8.33. The lowest BCUT2D eigenvalue weighted by atomic mass is 10.2. The molecule has 0 atom stereocenters. The molecule has 0 saturated carbocycles. The maximum Gasteiger partial charge on any atom is 0.416 e. The lowest BCUT2D eigenvalue weighted by Gasteiger charge is -2.12. The molecule has 0 aliphatic heterocycles. The van der Waals surface area contributed by atoms with Crippen LogP contribution in [0.4, 0.5) is 28.4 Å². The van der Waals surface area contributed by atoms with Gasteiger partial charge in [-0.2, -0.15) is 13.2 Å². The van der Waals surface area contributed by atoms with Crippen LogP contribution in [0.25, 0.3) is 0 Å². The number of rotatable bonds is 5. The minimum atomic E-state index is -4.55. The predicted molar refractivity (Wildman–Crippen MR) is 98.4 cm³/mol. The van der Waals surface area contributed by atoms with Crippen molar-refractivity contribution in [3.8, 4) is 0 Å². The van der Waals surface area contributed by atoms with Gasteiger partial charge in [-0.1, -0.05) is 36.4 Å². The molecule has 2 rings (SSSR count). The molecule has 8 nitrogen and oxygen atoms in total. The molecule has 0 aliphatic carbocycles. The lowest BCUT2D eigenvalue weighted by Crippen LogP contribution is -2.49. The Kier molecular flexibility index (Phi) is 7.40. The van der Waals surface area contributed by atoms with Crippen molar-refractivity contribution in [3.05, 3.63) is 65.7 Å². The Morgan fingerprint density at radius 2 is 1.55 bits per heavy atom. The molecule has 0 fully saturated rings. The van der Waals surface area contributed by atoms with E-state index in [-0.39, 0.29) is 12.2 Å². The molecule has 0 heterocycles. The summed E-state index contributed by atoms with van der Waals surface area (Å²) in [6, 6.07) is 11.6. The molecule has 154 valence electrons. The Morgan fingerprint density at radius 3 is 2.24 bits per heavy atom. The lowest BCUT2D eigenvalue weighted by molar-refractivity contribution is -0.137. The van der Waals surface area contributed by atoms with Crippen molar-refractivity contribution in [1.29, 1.82) is 0 Å². The molecule has 0 spiro atoms. The number of hydrogen-bond acceptors (Lipinski definition) is 3. The Morgan fingerprint density at radius 1 is 0.828 bits per heavy atom. The molecule has 0 unspecified atom stereocenters. The standard InChI is InChI=1S/C18H18F3N5O3/c19-18(20,21)13-7-4-8-14(9-13)24-17(29)26-25-15(27)11-23-16(28)22-10-12-5-2-1-3-6-12/h1-9H,10-11H2,(H,25,27)(H2,22,23,28)(H2,24,26,29). The van der Waals surface area contributed by atoms with Gasteiger partial charge >= 0.3 is 18.2 Å². The van der Waals surface area contributed by atoms with Crippen molar-refractivity contribution >= 4 is 23.7 Å². The van der Waals surface area contributed by atoms with E-state index in [1.165, 1.54) is 6.07 Å². The molecule has 5 amide bonds. The normalized spacial score (nSPS) is 10.6. The van der Waals surface area contributed by atoms with E-state index in [2.05, 4.69) is 16.0 Å². The van der Waals surface area contributed by atoms with Gasteiger partial charge in [-0.15, -0.1) is 0 Å². The van der Waals surface area contributed by atoms with Crippen LogP contribution < -0.4 is 26.8 Å². The fraction of sp³-hybridized carbons (Fsp3) is 0.167. The van der Waals surface area contributed by atoms with Gasteiger partial charge in [0, 0.05) is 12.2 Å². The molecule has 11 heteroatoms. The van der Waals surface area contributed by atoms with E-state index in [4.69, 9.17) is 0 Å². The number of amides is 5. The molecular weight excluding hydrogens is 391 g/mol. The summed E-state index contributed by atoms with van der Waals surface area (Å²) in [5.41, 5.74) is 3.82. The van der Waals surface area contributed by atoms with Gasteiger partial charge in [-0.3, -0.25) is 10.2 Å². The molecule has 2 aromatic rings. The third kappa shape index (κ3) is 7.79. The third-order valence-corrected chi connectivity index (χ3v) is 3.47. The highest BCUT2D eigenvalue weighted by atomic mass is 19.4. The summed E-state index contributed by atoms with van der Waals surface area (Å²) in [5.74, 6) is -0.737. The zero-order chi connectivity index (χ0) is 21.3. The van der Waals surface area contributed by atoms with Gasteiger partial charge in [0.2, 0.25) is 0 Å². The average Bonchev–Trinajstić information content (AvgIpc) is 2.69. The monoisotopic (exact) mass is 409 g/mol. The van der Waals surface area contributed by atoms with Crippen LogP contribution in [0, 0.1) is 0 Å². The minimum Gasteiger partial charge on any atom is -0.334 e. The van der Waals surface area contributed by atoms with Crippen LogP contribution in [0.3, 0.4) is 0 Å². The average molecular weight is 409 g/mol. The summed E-state index contributed by atoms with van der Waals surface area (Å²) in [4.78, 5) is 34.9. The van der Waals surface area contributed by atoms with E-state index in [0.29, 0.717) is 0 Å². The van der Waals surface area contributed by atoms with E-state index >= 15 is 0 Å². The molecular formula is C18H18F3N5O3. The highest BCUT2D eigenvalue weighted by Gasteiger charge is 2.30. The van der Waals surface area contributed by atoms with Crippen molar-refractivity contribution in [1.82, 2.24) is 21.5 Å². The number of carbonyl (C=O) groups excluding carboxylic acids is 3. The number of benzene rings is 2. The Labute approximate surface area is 163 Å². The molecule has 2 aromatic carbocycles. The second-order valence-electron chi connectivity index (χ2n) is 5.73. The highest BCUT2D eigenvalue weighted by Crippen LogP contribution is 2.30. The topological polar surface area (TPSA) is 111 Å². The molecule has 29 heavy (non-hydrogen) atoms. The smallest absolute Gasteiger partial charge is 0.334 e. The number of carbonyl (C=O) groups is 3. The molecule has 0 radical (unpaired) electrons. The van der Waals surface area contributed by atoms with Crippen LogP contribution >= 0.6 is 0 Å². The maximum atomic E-state index is 12.6. The molecule has 5 N–H and O–H groups in total. The van der Waals surface area contributed by atoms with Crippen molar-refractivity contribution in [3.63, 3.8) is 0 Å². The van der Waals surface area contributed by atoms with Crippen LogP contribution in [0.5, 0.6) is 0 Å². The number of urea groups is 2. The number of hydrazine groups is 1. The van der Waals surface area contributed by atoms with Gasteiger partial charge in [0.1, 0.15) is 6.54 Å². The zero-order valence-corrected chi connectivity index (χ0v) is 15.0. The number of anilines is 1. The van der Waals surface area contributed by atoms with Gasteiger partial charge in [0.25, 0.3) is 5.91 Å². The van der Waals surface area contributed by atoms with Crippen molar-refractivity contribution in [2.24, 2.45) is 0 Å². The summed E-state index contributed by atoms with van der Waals surface area (Å²) in [6.45, 7) is -0.156. The van der Waals surface area contributed by atoms with Crippen LogP contribution in [-0.4, -0.2) is 24.5 Å². The second kappa shape index (κ2) is 9.97. The second-order valence-corrected chi connectivity index (χ2v) is 5.73. The number of alkyl halides is 3. The molecule has 0 aliphatic rings. The van der Waals surface area contributed by atoms with Crippen LogP contribution in [-0.2, 0) is 17.5 Å². The molecule has 0 bridgehead atoms. The molecule has 0 saturated heterocycles. The fourth-order valence-corrected chi connectivity index (χ4v) is 2.11. The molecule has 0 aromatic heterocycles. The summed E-state index contributed by atoms with van der Waals surface area (Å²) < 4.78 is 37.9. The van der Waals surface area contributed by atoms with Crippen molar-refractivity contribution in [2.45, 2.75) is 12.7 Å². The van der Waals surface area contributed by atoms with Gasteiger partial charge in [0.05, 0.1) is 5.56 Å². The SMILES string of the molecule is O=C(CNC(=O)NCc1ccccc1)NNC(=O)Nc1cccc(C(F)(F)F)c1. The van der Waals surface area contributed by atoms with Gasteiger partial charge in [-0.05, 0) is 23.8 Å². The quantitative estimate of drug-likeness (QED) is 0.489. The summed E-state index contributed by atoms with van der Waals surface area (Å²) in [7, 11) is 0. The first kappa shape index (κ1) is 21.5. The van der Waals surface area contributed by atoms with E-state index < -0.39 is 36.3 Å². The Bertz CT molecular complexity index is 859. The van der Waals surface area contributed by atoms with Crippen LogP contribution in [0.1, 0.15) is 11.1 Å².